The van der Waals surface area contributed by atoms with Crippen LogP contribution in [-0.2, 0) is 109 Å². The maximum atomic E-state index is 14.9. The number of carbonyl (C=O) groups is 20. The van der Waals surface area contributed by atoms with Gasteiger partial charge < -0.3 is 167 Å². The van der Waals surface area contributed by atoms with Gasteiger partial charge in [-0.2, -0.15) is 12.6 Å². The van der Waals surface area contributed by atoms with Gasteiger partial charge in [0.05, 0.1) is 30.6 Å². The number of aliphatic hydroxyl groups excluding tert-OH is 1. The molecule has 0 fully saturated rings. The average Bonchev–Trinajstić information content (AvgIpc) is 0.969. The molecule has 0 aliphatic carbocycles. The Hall–Kier alpha value is -13.7. The molecule has 0 radical (unpaired) electrons. The van der Waals surface area contributed by atoms with Crippen LogP contribution in [-0.4, -0.2) is 302 Å². The molecule has 0 spiro atoms. The largest absolute Gasteiger partial charge is 0.508 e. The van der Waals surface area contributed by atoms with Crippen LogP contribution in [0, 0.1) is 22.7 Å². The molecule has 1 heterocycles. The number of nitrogens with zero attached hydrogens (tertiary/aromatic N) is 1. The number of guanidine groups is 2. The fourth-order valence-electron chi connectivity index (χ4n) is 13.7. The third-order valence-electron chi connectivity index (χ3n) is 21.5. The second-order valence-electron chi connectivity index (χ2n) is 34.2. The maximum Gasteiger partial charge on any atom is 0.326 e. The van der Waals surface area contributed by atoms with E-state index in [-0.39, 0.29) is 145 Å². The molecular formula is C85H144N30O24S. The Balaban J connectivity index is 2.64. The van der Waals surface area contributed by atoms with Crippen molar-refractivity contribution in [1.29, 1.82) is 10.8 Å². The Morgan fingerprint density at radius 2 is 0.721 bits per heavy atom. The molecule has 0 saturated heterocycles. The number of benzene rings is 1. The monoisotopic (exact) mass is 2000 g/mol. The highest BCUT2D eigenvalue weighted by Gasteiger charge is 2.41. The minimum absolute atomic E-state index is 0.0273. The molecule has 42 N–H and O–H groups in total. The molecule has 18 amide bonds. The van der Waals surface area contributed by atoms with E-state index in [1.54, 1.807) is 13.8 Å². The number of primary amides is 3. The van der Waals surface area contributed by atoms with Crippen molar-refractivity contribution in [3.63, 3.8) is 0 Å². The summed E-state index contributed by atoms with van der Waals surface area (Å²) in [5, 5.41) is 98.2. The summed E-state index contributed by atoms with van der Waals surface area (Å²) in [4.78, 5) is 284. The summed E-state index contributed by atoms with van der Waals surface area (Å²) in [6, 6.07) is -21.1. The summed E-state index contributed by atoms with van der Waals surface area (Å²) in [6.45, 7) is 8.83. The van der Waals surface area contributed by atoms with E-state index in [1.165, 1.54) is 50.6 Å². The van der Waals surface area contributed by atoms with Crippen molar-refractivity contribution in [2.45, 2.75) is 292 Å². The number of aliphatic hydroxyl groups is 1. The SMILES string of the molecule is CC(C)CC(NC(=O)C(CCC(N)=O)NC(=O)C(CCCCN)NC(=O)C(N)CS)C(=O)NC(CCC(N)=O)C(=O)NC(CCCCN)C(=O)NC(CC(=O)O)C(=O)NC(CCCCN)C(=O)NC(CCC(N)=O)C(=O)NC(C(=O)NC(Cc1ccc(O)cc1)C(=O)NC(CCCNC(=N)N)C(=O)NC(C)C(=O)NC(C(=O)NC(Cc1c[nH]cn1)C(=O)NC(CCCNC(=N)N)C(=O)O)C(C)O)C(C)C. The minimum atomic E-state index is -2.10. The number of unbranched alkanes of at least 4 members (excludes halogenated alkanes) is 3. The van der Waals surface area contributed by atoms with Gasteiger partial charge in [-0.15, -0.1) is 0 Å². The number of nitrogens with one attached hydrogen (secondary N) is 20. The smallest absolute Gasteiger partial charge is 0.326 e. The van der Waals surface area contributed by atoms with Crippen LogP contribution in [0.1, 0.15) is 188 Å². The molecular weight excluding hydrogens is 1860 g/mol. The lowest BCUT2D eigenvalue weighted by molar-refractivity contribution is -0.142. The minimum Gasteiger partial charge on any atom is -0.508 e. The lowest BCUT2D eigenvalue weighted by atomic mass is 9.99. The predicted molar refractivity (Wildman–Crippen MR) is 509 cm³/mol. The number of phenolic OH excluding ortho intramolecular Hbond substituents is 1. The van der Waals surface area contributed by atoms with Gasteiger partial charge in [0.1, 0.15) is 96.4 Å². The lowest BCUT2D eigenvalue weighted by Gasteiger charge is -2.29. The summed E-state index contributed by atoms with van der Waals surface area (Å²) in [5.74, 6) is -24.8. The van der Waals surface area contributed by atoms with Gasteiger partial charge in [0.25, 0.3) is 0 Å². The number of rotatable bonds is 71. The number of carboxylic acids is 2. The number of thiol groups is 1. The molecule has 784 valence electrons. The molecule has 0 saturated carbocycles. The van der Waals surface area contributed by atoms with Crippen molar-refractivity contribution in [3.8, 4) is 5.75 Å². The zero-order chi connectivity index (χ0) is 106. The fraction of sp³-hybridized carbons (Fsp3) is 0.635. The fourth-order valence-corrected chi connectivity index (χ4v) is 13.9. The van der Waals surface area contributed by atoms with Gasteiger partial charge in [0, 0.05) is 57.1 Å². The van der Waals surface area contributed by atoms with Gasteiger partial charge >= 0.3 is 11.9 Å². The van der Waals surface area contributed by atoms with Crippen LogP contribution >= 0.6 is 12.6 Å². The highest BCUT2D eigenvalue weighted by Crippen LogP contribution is 2.18. The zero-order valence-corrected chi connectivity index (χ0v) is 80.4. The van der Waals surface area contributed by atoms with E-state index >= 15 is 0 Å². The first kappa shape index (κ1) is 122. The first-order chi connectivity index (χ1) is 65.9. The van der Waals surface area contributed by atoms with E-state index in [9.17, 15) is 116 Å². The van der Waals surface area contributed by atoms with Crippen LogP contribution in [0.5, 0.6) is 5.75 Å². The Morgan fingerprint density at radius 3 is 1.09 bits per heavy atom. The number of carbonyl (C=O) groups excluding carboxylic acids is 18. The number of H-pyrrole nitrogens is 1. The summed E-state index contributed by atoms with van der Waals surface area (Å²) < 4.78 is 0. The summed E-state index contributed by atoms with van der Waals surface area (Å²) >= 11 is 4.04. The number of aromatic nitrogens is 2. The molecule has 0 aliphatic heterocycles. The molecule has 55 heteroatoms. The van der Waals surface area contributed by atoms with Crippen molar-refractivity contribution in [3.05, 3.63) is 48.0 Å². The van der Waals surface area contributed by atoms with Crippen LogP contribution in [0.3, 0.4) is 0 Å². The van der Waals surface area contributed by atoms with Crippen LogP contribution < -0.4 is 142 Å². The van der Waals surface area contributed by atoms with Crippen molar-refractivity contribution >= 4 is 143 Å². The van der Waals surface area contributed by atoms with Crippen LogP contribution in [0.4, 0.5) is 0 Å². The first-order valence-electron chi connectivity index (χ1n) is 45.9. The van der Waals surface area contributed by atoms with E-state index < -0.39 is 290 Å². The standard InChI is InChI=1S/C85H144N30O24S/c1-42(2)35-58(110-75(130)55(25-28-63(91)119)106-71(126)50(15-7-10-30-86)102-69(124)49(89)40-140)77(132)108-54(24-27-62(90)118)74(129)103-52(17-9-12-32-88)73(128)111-61(38-65(121)122)80(135)104-51(16-8-11-31-87)72(127)107-56(26-29-64(92)120)76(131)114-66(43(3)4)81(136)112-59(36-46-20-22-48(117)23-21-46)78(133)105-53(18-13-33-98-84(93)94)70(125)101-44(5)68(123)115-67(45(6)116)82(137)113-60(37-47-39-97-41-100-47)79(134)109-57(83(138)139)19-14-34-99-85(95)96/h20-23,39,41-45,49-61,66-67,116-117,140H,7-19,24-38,40,86-89H2,1-6H3,(H2,90,118)(H2,91,119)(H2,92,120)(H,97,100)(H,101,125)(H,102,124)(H,103,129)(H,104,135)(H,105,133)(H,106,126)(H,107,127)(H,108,132)(H,109,134)(H,110,130)(H,111,128)(H,112,136)(H,113,137)(H,114,131)(H,115,123)(H,121,122)(H,138,139)(H4,93,94,98)(H4,95,96,99). The Bertz CT molecular complexity index is 4460. The third-order valence-corrected chi connectivity index (χ3v) is 21.8. The molecule has 2 rings (SSSR count). The summed E-state index contributed by atoms with van der Waals surface area (Å²) in [6.07, 6.45) is -4.07. The average molecular weight is 2000 g/mol. The zero-order valence-electron chi connectivity index (χ0n) is 79.5. The van der Waals surface area contributed by atoms with Gasteiger partial charge in [-0.1, -0.05) is 39.8 Å². The van der Waals surface area contributed by atoms with Crippen LogP contribution in [0.25, 0.3) is 0 Å². The summed E-state index contributed by atoms with van der Waals surface area (Å²) in [5.41, 5.74) is 51.0. The lowest BCUT2D eigenvalue weighted by Crippen LogP contribution is -2.62. The quantitative estimate of drug-likeness (QED) is 0.0127. The number of hydrogen-bond donors (Lipinski definition) is 34. The number of nitrogens with two attached hydrogens (primary N) is 9. The third kappa shape index (κ3) is 48.6. The van der Waals surface area contributed by atoms with Crippen molar-refractivity contribution in [2.24, 2.45) is 63.4 Å². The highest BCUT2D eigenvalue weighted by atomic mass is 32.1. The van der Waals surface area contributed by atoms with Gasteiger partial charge in [-0.25, -0.2) is 9.78 Å². The number of aromatic hydroxyl groups is 1. The van der Waals surface area contributed by atoms with Crippen LogP contribution in [0.2, 0.25) is 0 Å². The molecule has 2 aromatic rings. The van der Waals surface area contributed by atoms with Crippen LogP contribution in [0.15, 0.2) is 36.8 Å². The van der Waals surface area contributed by atoms with Gasteiger partial charge in [-0.05, 0) is 172 Å². The number of aromatic amines is 1. The molecule has 1 aromatic heterocycles. The van der Waals surface area contributed by atoms with E-state index in [0.717, 1.165) is 13.8 Å². The second kappa shape index (κ2) is 65.2. The molecule has 17 atom stereocenters. The number of phenols is 1. The van der Waals surface area contributed by atoms with E-state index in [1.807, 2.05) is 0 Å². The van der Waals surface area contributed by atoms with E-state index in [2.05, 4.69) is 113 Å². The number of amides is 18. The maximum absolute atomic E-state index is 14.9. The van der Waals surface area contributed by atoms with E-state index in [4.69, 9.17) is 62.4 Å². The predicted octanol–water partition coefficient (Wildman–Crippen LogP) is -10.2. The molecule has 0 bridgehead atoms. The Kier molecular flexibility index (Phi) is 57.0. The number of carboxylic acid groups (broad SMARTS) is 2. The normalized spacial score (nSPS) is 14.8. The number of aliphatic carboxylic acids is 2. The first-order valence-corrected chi connectivity index (χ1v) is 46.5. The Morgan fingerprint density at radius 1 is 0.393 bits per heavy atom. The Labute approximate surface area is 814 Å². The van der Waals surface area contributed by atoms with Crippen molar-refractivity contribution < 1.29 is 116 Å². The van der Waals surface area contributed by atoms with Gasteiger partial charge in [-0.3, -0.25) is 102 Å². The van der Waals surface area contributed by atoms with Gasteiger partial charge in [0.15, 0.2) is 11.9 Å². The molecule has 0 aliphatic rings. The topological polar surface area (TPSA) is 937 Å². The molecule has 1 aromatic carbocycles. The van der Waals surface area contributed by atoms with E-state index in [0.29, 0.717) is 12.8 Å². The van der Waals surface area contributed by atoms with Gasteiger partial charge in [0.2, 0.25) is 106 Å². The van der Waals surface area contributed by atoms with Crippen molar-refractivity contribution in [1.82, 2.24) is 100 Å². The van der Waals surface area contributed by atoms with Crippen molar-refractivity contribution in [2.75, 3.05) is 38.5 Å². The number of imidazole rings is 1. The molecule has 140 heavy (non-hydrogen) atoms. The second-order valence-corrected chi connectivity index (χ2v) is 34.6. The molecule has 54 nitrogen and oxygen atoms in total. The highest BCUT2D eigenvalue weighted by molar-refractivity contribution is 7.80. The number of hydrogen-bond acceptors (Lipinski definition) is 30. The summed E-state index contributed by atoms with van der Waals surface area (Å²) in [7, 11) is 0. The molecule has 17 unspecified atom stereocenters.